The summed E-state index contributed by atoms with van der Waals surface area (Å²) in [6, 6.07) is 10.1. The summed E-state index contributed by atoms with van der Waals surface area (Å²) in [6.07, 6.45) is 4.70. The van der Waals surface area contributed by atoms with E-state index >= 15 is 0 Å². The van der Waals surface area contributed by atoms with Crippen LogP contribution in [0.3, 0.4) is 0 Å². The molecule has 1 atom stereocenters. The van der Waals surface area contributed by atoms with E-state index in [9.17, 15) is 9.00 Å². The zero-order chi connectivity index (χ0) is 19.2. The van der Waals surface area contributed by atoms with Crippen molar-refractivity contribution >= 4 is 33.4 Å². The molecule has 0 saturated carbocycles. The third-order valence-corrected chi connectivity index (χ3v) is 5.26. The smallest absolute Gasteiger partial charge is 0.282 e. The Morgan fingerprint density at radius 2 is 1.96 bits per heavy atom. The van der Waals surface area contributed by atoms with Gasteiger partial charge in [-0.05, 0) is 12.5 Å². The van der Waals surface area contributed by atoms with Gasteiger partial charge in [-0.1, -0.05) is 30.3 Å². The third-order valence-electron chi connectivity index (χ3n) is 3.76. The number of aromatic nitrogens is 4. The molecule has 0 aliphatic carbocycles. The standard InChI is InChI=1S/C17H20N6O2S2/c1-13-15(16(24)21-27(2)25)20-17(26-13)22(10-11-23-18-8-9-19-23)12-14-6-4-3-5-7-14/h3-9H,10-12H2,1-2H3,(H,21,24). The molecule has 2 aromatic heterocycles. The van der Waals surface area contributed by atoms with E-state index in [1.165, 1.54) is 17.6 Å². The number of thiazole rings is 1. The molecule has 1 aromatic carbocycles. The zero-order valence-electron chi connectivity index (χ0n) is 15.0. The first kappa shape index (κ1) is 19.2. The topological polar surface area (TPSA) is 93.0 Å². The van der Waals surface area contributed by atoms with Gasteiger partial charge in [0.05, 0.1) is 18.9 Å². The molecule has 0 aliphatic rings. The van der Waals surface area contributed by atoms with Gasteiger partial charge in [0.15, 0.2) is 5.13 Å². The first-order valence-electron chi connectivity index (χ1n) is 8.27. The van der Waals surface area contributed by atoms with Gasteiger partial charge in [0.25, 0.3) is 5.91 Å². The fraction of sp³-hybridized carbons (Fsp3) is 0.294. The van der Waals surface area contributed by atoms with E-state index < -0.39 is 16.9 Å². The average Bonchev–Trinajstić information content (AvgIpc) is 3.28. The Balaban J connectivity index is 1.82. The Kier molecular flexibility index (Phi) is 6.30. The maximum absolute atomic E-state index is 12.2. The second-order valence-electron chi connectivity index (χ2n) is 5.82. The molecule has 1 N–H and O–H groups in total. The summed E-state index contributed by atoms with van der Waals surface area (Å²) in [5.74, 6) is -0.427. The van der Waals surface area contributed by atoms with Gasteiger partial charge in [-0.15, -0.1) is 11.3 Å². The van der Waals surface area contributed by atoms with Gasteiger partial charge >= 0.3 is 0 Å². The molecule has 0 spiro atoms. The Morgan fingerprint density at radius 3 is 2.63 bits per heavy atom. The number of hydrogen-bond acceptors (Lipinski definition) is 7. The van der Waals surface area contributed by atoms with Gasteiger partial charge in [0, 0.05) is 24.2 Å². The Labute approximate surface area is 163 Å². The average molecular weight is 405 g/mol. The summed E-state index contributed by atoms with van der Waals surface area (Å²) in [6.45, 7) is 3.72. The van der Waals surface area contributed by atoms with Gasteiger partial charge < -0.3 is 4.90 Å². The van der Waals surface area contributed by atoms with Crippen LogP contribution in [0.1, 0.15) is 20.9 Å². The molecule has 1 amide bonds. The van der Waals surface area contributed by atoms with Crippen LogP contribution in [0.25, 0.3) is 0 Å². The van der Waals surface area contributed by atoms with E-state index in [4.69, 9.17) is 0 Å². The van der Waals surface area contributed by atoms with Gasteiger partial charge in [-0.2, -0.15) is 15.0 Å². The Morgan fingerprint density at radius 1 is 1.26 bits per heavy atom. The van der Waals surface area contributed by atoms with Crippen molar-refractivity contribution in [2.24, 2.45) is 0 Å². The number of benzene rings is 1. The minimum Gasteiger partial charge on any atom is -0.342 e. The largest absolute Gasteiger partial charge is 0.342 e. The monoisotopic (exact) mass is 404 g/mol. The summed E-state index contributed by atoms with van der Waals surface area (Å²) in [7, 11) is -1.43. The van der Waals surface area contributed by atoms with Crippen LogP contribution in [0.4, 0.5) is 5.13 Å². The second kappa shape index (κ2) is 8.87. The molecule has 0 aliphatic heterocycles. The van der Waals surface area contributed by atoms with Crippen molar-refractivity contribution in [1.29, 1.82) is 0 Å². The summed E-state index contributed by atoms with van der Waals surface area (Å²) in [4.78, 5) is 21.2. The Hall–Kier alpha value is -2.59. The summed E-state index contributed by atoms with van der Waals surface area (Å²) >= 11 is 1.44. The van der Waals surface area contributed by atoms with Gasteiger partial charge in [-0.25, -0.2) is 9.19 Å². The minimum absolute atomic E-state index is 0.306. The van der Waals surface area contributed by atoms with E-state index in [2.05, 4.69) is 24.8 Å². The molecule has 3 aromatic rings. The van der Waals surface area contributed by atoms with Crippen molar-refractivity contribution in [1.82, 2.24) is 24.7 Å². The van der Waals surface area contributed by atoms with E-state index in [-0.39, 0.29) is 0 Å². The highest BCUT2D eigenvalue weighted by molar-refractivity contribution is 7.82. The predicted octanol–water partition coefficient (Wildman–Crippen LogP) is 1.77. The quantitative estimate of drug-likeness (QED) is 0.615. The molecule has 10 heteroatoms. The molecule has 142 valence electrons. The van der Waals surface area contributed by atoms with Crippen molar-refractivity contribution in [3.8, 4) is 0 Å². The molecule has 2 heterocycles. The first-order chi connectivity index (χ1) is 13.0. The highest BCUT2D eigenvalue weighted by Crippen LogP contribution is 2.27. The van der Waals surface area contributed by atoms with Crippen molar-refractivity contribution < 1.29 is 9.00 Å². The van der Waals surface area contributed by atoms with E-state index in [1.807, 2.05) is 37.3 Å². The van der Waals surface area contributed by atoms with Crippen LogP contribution in [0, 0.1) is 6.92 Å². The number of amides is 1. The SMILES string of the molecule is Cc1sc(N(CCn2nccn2)Cc2ccccc2)nc1C(=O)NS(C)=O. The minimum atomic E-state index is -1.43. The summed E-state index contributed by atoms with van der Waals surface area (Å²) in [5, 5.41) is 9.01. The maximum atomic E-state index is 12.2. The zero-order valence-corrected chi connectivity index (χ0v) is 16.7. The number of hydrogen-bond donors (Lipinski definition) is 1. The number of aryl methyl sites for hydroxylation is 1. The van der Waals surface area contributed by atoms with Crippen LogP contribution in [0.2, 0.25) is 0 Å². The normalized spacial score (nSPS) is 11.9. The van der Waals surface area contributed by atoms with Crippen molar-refractivity contribution in [3.63, 3.8) is 0 Å². The summed E-state index contributed by atoms with van der Waals surface area (Å²) < 4.78 is 13.7. The van der Waals surface area contributed by atoms with Crippen LogP contribution in [0.5, 0.6) is 0 Å². The highest BCUT2D eigenvalue weighted by Gasteiger charge is 2.20. The van der Waals surface area contributed by atoms with Gasteiger partial charge in [-0.3, -0.25) is 9.52 Å². The van der Waals surface area contributed by atoms with Crippen LogP contribution >= 0.6 is 11.3 Å². The van der Waals surface area contributed by atoms with Crippen LogP contribution < -0.4 is 9.62 Å². The lowest BCUT2D eigenvalue weighted by Gasteiger charge is -2.21. The van der Waals surface area contributed by atoms with Crippen LogP contribution in [-0.4, -0.2) is 42.9 Å². The van der Waals surface area contributed by atoms with Gasteiger partial charge in [0.1, 0.15) is 16.7 Å². The van der Waals surface area contributed by atoms with E-state index in [0.717, 1.165) is 15.6 Å². The lowest BCUT2D eigenvalue weighted by Crippen LogP contribution is -2.28. The first-order valence-corrected chi connectivity index (χ1v) is 10.6. The highest BCUT2D eigenvalue weighted by atomic mass is 32.2. The Bertz CT molecular complexity index is 911. The molecular formula is C17H20N6O2S2. The van der Waals surface area contributed by atoms with E-state index in [0.29, 0.717) is 25.3 Å². The van der Waals surface area contributed by atoms with Crippen molar-refractivity contribution in [2.75, 3.05) is 17.7 Å². The number of nitrogens with one attached hydrogen (secondary N) is 1. The number of anilines is 1. The molecule has 27 heavy (non-hydrogen) atoms. The van der Waals surface area contributed by atoms with E-state index in [1.54, 1.807) is 17.2 Å². The number of rotatable bonds is 8. The van der Waals surface area contributed by atoms with Crippen LogP contribution in [-0.2, 0) is 24.1 Å². The fourth-order valence-electron chi connectivity index (χ4n) is 2.52. The maximum Gasteiger partial charge on any atom is 0.282 e. The fourth-order valence-corrected chi connectivity index (χ4v) is 3.81. The molecule has 0 fully saturated rings. The number of nitrogens with zero attached hydrogens (tertiary/aromatic N) is 5. The predicted molar refractivity (Wildman–Crippen MR) is 106 cm³/mol. The number of carbonyl (C=O) groups excluding carboxylic acids is 1. The number of carbonyl (C=O) groups is 1. The molecule has 0 bridgehead atoms. The van der Waals surface area contributed by atoms with Crippen molar-refractivity contribution in [3.05, 3.63) is 58.9 Å². The lowest BCUT2D eigenvalue weighted by atomic mass is 10.2. The summed E-state index contributed by atoms with van der Waals surface area (Å²) in [5.41, 5.74) is 1.44. The second-order valence-corrected chi connectivity index (χ2v) is 8.11. The lowest BCUT2D eigenvalue weighted by molar-refractivity contribution is 0.0978. The van der Waals surface area contributed by atoms with Crippen LogP contribution in [0.15, 0.2) is 42.7 Å². The molecule has 0 radical (unpaired) electrons. The molecule has 0 saturated heterocycles. The molecule has 8 nitrogen and oxygen atoms in total. The van der Waals surface area contributed by atoms with Crippen molar-refractivity contribution in [2.45, 2.75) is 20.0 Å². The molecule has 3 rings (SSSR count). The molecular weight excluding hydrogens is 384 g/mol. The molecule has 1 unspecified atom stereocenters. The third kappa shape index (κ3) is 5.20. The van der Waals surface area contributed by atoms with Gasteiger partial charge in [0.2, 0.25) is 0 Å².